The SMILES string of the molecule is Cc1ccc(C)c(OCc2c(C(=O)Nc3c(C)nn(Cc4cccc(Cl)c4)c3C)noc2C)c1. The summed E-state index contributed by atoms with van der Waals surface area (Å²) in [5.41, 5.74) is 6.14. The first-order valence-corrected chi connectivity index (χ1v) is 11.4. The molecule has 0 fully saturated rings. The van der Waals surface area contributed by atoms with Crippen molar-refractivity contribution in [1.82, 2.24) is 14.9 Å². The molecule has 0 bridgehead atoms. The Balaban J connectivity index is 1.52. The van der Waals surface area contributed by atoms with Crippen molar-refractivity contribution in [2.45, 2.75) is 47.8 Å². The quantitative estimate of drug-likeness (QED) is 0.355. The molecule has 2 aromatic heterocycles. The van der Waals surface area contributed by atoms with Gasteiger partial charge in [-0.15, -0.1) is 0 Å². The number of benzene rings is 2. The van der Waals surface area contributed by atoms with Crippen LogP contribution in [-0.2, 0) is 13.2 Å². The molecule has 4 rings (SSSR count). The van der Waals surface area contributed by atoms with Crippen LogP contribution in [0, 0.1) is 34.6 Å². The lowest BCUT2D eigenvalue weighted by atomic mass is 10.1. The standard InChI is InChI=1S/C26H27ClN4O3/c1-15-9-10-16(2)23(11-15)33-14-22-19(5)34-30-25(22)26(32)28-24-17(3)29-31(18(24)4)13-20-7-6-8-21(27)12-20/h6-12H,13-14H2,1-5H3,(H,28,32). The van der Waals surface area contributed by atoms with Crippen LogP contribution in [0.1, 0.15) is 49.9 Å². The molecule has 0 saturated carbocycles. The highest BCUT2D eigenvalue weighted by Crippen LogP contribution is 2.25. The first kappa shape index (κ1) is 23.6. The highest BCUT2D eigenvalue weighted by molar-refractivity contribution is 6.30. The van der Waals surface area contributed by atoms with E-state index < -0.39 is 0 Å². The third-order valence-electron chi connectivity index (χ3n) is 5.76. The molecule has 8 heteroatoms. The number of rotatable bonds is 7. The van der Waals surface area contributed by atoms with Gasteiger partial charge >= 0.3 is 0 Å². The molecule has 2 aromatic carbocycles. The third kappa shape index (κ3) is 4.99. The van der Waals surface area contributed by atoms with Gasteiger partial charge in [-0.05, 0) is 69.5 Å². The summed E-state index contributed by atoms with van der Waals surface area (Å²) in [5.74, 6) is 0.936. The van der Waals surface area contributed by atoms with Crippen molar-refractivity contribution in [3.63, 3.8) is 0 Å². The van der Waals surface area contributed by atoms with E-state index >= 15 is 0 Å². The minimum absolute atomic E-state index is 0.175. The highest BCUT2D eigenvalue weighted by Gasteiger charge is 2.23. The van der Waals surface area contributed by atoms with Gasteiger partial charge in [-0.1, -0.05) is 41.0 Å². The predicted octanol–water partition coefficient (Wildman–Crippen LogP) is 5.95. The molecule has 0 saturated heterocycles. The van der Waals surface area contributed by atoms with E-state index in [4.69, 9.17) is 20.9 Å². The normalized spacial score (nSPS) is 11.0. The van der Waals surface area contributed by atoms with E-state index in [1.54, 1.807) is 6.92 Å². The first-order valence-electron chi connectivity index (χ1n) is 11.0. The maximum atomic E-state index is 13.2. The molecule has 1 N–H and O–H groups in total. The topological polar surface area (TPSA) is 82.2 Å². The van der Waals surface area contributed by atoms with Crippen LogP contribution >= 0.6 is 11.6 Å². The van der Waals surface area contributed by atoms with Crippen LogP contribution in [0.15, 0.2) is 47.0 Å². The van der Waals surface area contributed by atoms with Crippen molar-refractivity contribution in [1.29, 1.82) is 0 Å². The van der Waals surface area contributed by atoms with Crippen LogP contribution in [0.5, 0.6) is 5.75 Å². The molecule has 0 unspecified atom stereocenters. The van der Waals surface area contributed by atoms with Gasteiger partial charge in [0.05, 0.1) is 29.2 Å². The van der Waals surface area contributed by atoms with Crippen molar-refractivity contribution in [2.24, 2.45) is 0 Å². The molecule has 176 valence electrons. The van der Waals surface area contributed by atoms with E-state index in [1.807, 2.05) is 74.8 Å². The van der Waals surface area contributed by atoms with Gasteiger partial charge in [-0.3, -0.25) is 9.48 Å². The van der Waals surface area contributed by atoms with Gasteiger partial charge in [0.25, 0.3) is 5.91 Å². The maximum Gasteiger partial charge on any atom is 0.278 e. The van der Waals surface area contributed by atoms with E-state index in [0.29, 0.717) is 34.3 Å². The van der Waals surface area contributed by atoms with Crippen molar-refractivity contribution in [3.05, 3.63) is 92.6 Å². The fraction of sp³-hybridized carbons (Fsp3) is 0.269. The number of ether oxygens (including phenoxy) is 1. The second kappa shape index (κ2) is 9.73. The Morgan fingerprint density at radius 3 is 2.68 bits per heavy atom. The number of hydrogen-bond acceptors (Lipinski definition) is 5. The van der Waals surface area contributed by atoms with Gasteiger partial charge in [0.1, 0.15) is 18.1 Å². The average molecular weight is 479 g/mol. The molecule has 2 heterocycles. The Morgan fingerprint density at radius 2 is 1.91 bits per heavy atom. The Kier molecular flexibility index (Phi) is 6.75. The van der Waals surface area contributed by atoms with Gasteiger partial charge in [-0.2, -0.15) is 5.10 Å². The number of nitrogens with one attached hydrogen (secondary N) is 1. The Labute approximate surface area is 203 Å². The lowest BCUT2D eigenvalue weighted by Gasteiger charge is -2.10. The number of halogens is 1. The van der Waals surface area contributed by atoms with E-state index in [9.17, 15) is 4.79 Å². The van der Waals surface area contributed by atoms with Gasteiger partial charge < -0.3 is 14.6 Å². The summed E-state index contributed by atoms with van der Waals surface area (Å²) in [7, 11) is 0. The van der Waals surface area contributed by atoms with Crippen molar-refractivity contribution >= 4 is 23.2 Å². The summed E-state index contributed by atoms with van der Waals surface area (Å²) in [6, 6.07) is 13.6. The molecular weight excluding hydrogens is 452 g/mol. The van der Waals surface area contributed by atoms with E-state index in [2.05, 4.69) is 15.6 Å². The lowest BCUT2D eigenvalue weighted by Crippen LogP contribution is -2.16. The fourth-order valence-electron chi connectivity index (χ4n) is 3.77. The van der Waals surface area contributed by atoms with Gasteiger partial charge in [-0.25, -0.2) is 0 Å². The molecule has 0 aliphatic carbocycles. The Morgan fingerprint density at radius 1 is 1.12 bits per heavy atom. The van der Waals surface area contributed by atoms with Crippen molar-refractivity contribution in [2.75, 3.05) is 5.32 Å². The highest BCUT2D eigenvalue weighted by atomic mass is 35.5. The number of nitrogens with zero attached hydrogens (tertiary/aromatic N) is 3. The molecule has 1 amide bonds. The number of carbonyl (C=O) groups is 1. The summed E-state index contributed by atoms with van der Waals surface area (Å²) < 4.78 is 13.2. The number of amides is 1. The van der Waals surface area contributed by atoms with Crippen LogP contribution in [0.4, 0.5) is 5.69 Å². The number of anilines is 1. The van der Waals surface area contributed by atoms with Crippen LogP contribution in [0.2, 0.25) is 5.02 Å². The number of aromatic nitrogens is 3. The monoisotopic (exact) mass is 478 g/mol. The minimum Gasteiger partial charge on any atom is -0.488 e. The number of hydrogen-bond donors (Lipinski definition) is 1. The zero-order chi connectivity index (χ0) is 24.4. The summed E-state index contributed by atoms with van der Waals surface area (Å²) in [6.45, 7) is 10.2. The molecule has 4 aromatic rings. The zero-order valence-electron chi connectivity index (χ0n) is 19.9. The molecule has 0 aliphatic heterocycles. The van der Waals surface area contributed by atoms with E-state index in [0.717, 1.165) is 28.1 Å². The Bertz CT molecular complexity index is 1360. The zero-order valence-corrected chi connectivity index (χ0v) is 20.7. The van der Waals surface area contributed by atoms with Crippen LogP contribution in [-0.4, -0.2) is 20.8 Å². The van der Waals surface area contributed by atoms with Gasteiger partial charge in [0.2, 0.25) is 0 Å². The second-order valence-corrected chi connectivity index (χ2v) is 8.85. The van der Waals surface area contributed by atoms with Gasteiger partial charge in [0.15, 0.2) is 5.69 Å². The van der Waals surface area contributed by atoms with Crippen molar-refractivity contribution in [3.8, 4) is 5.75 Å². The van der Waals surface area contributed by atoms with E-state index in [-0.39, 0.29) is 18.2 Å². The van der Waals surface area contributed by atoms with E-state index in [1.165, 1.54) is 0 Å². The molecule has 0 aliphatic rings. The molecular formula is C26H27ClN4O3. The molecule has 34 heavy (non-hydrogen) atoms. The smallest absolute Gasteiger partial charge is 0.278 e. The molecule has 0 radical (unpaired) electrons. The Hall–Kier alpha value is -3.58. The summed E-state index contributed by atoms with van der Waals surface area (Å²) in [6.07, 6.45) is 0. The molecule has 7 nitrogen and oxygen atoms in total. The average Bonchev–Trinajstić information content (AvgIpc) is 3.28. The third-order valence-corrected chi connectivity index (χ3v) is 5.99. The van der Waals surface area contributed by atoms with Crippen molar-refractivity contribution < 1.29 is 14.1 Å². The second-order valence-electron chi connectivity index (χ2n) is 8.41. The predicted molar refractivity (Wildman–Crippen MR) is 132 cm³/mol. The van der Waals surface area contributed by atoms with Gasteiger partial charge in [0, 0.05) is 5.02 Å². The molecule has 0 spiro atoms. The minimum atomic E-state index is -0.370. The van der Waals surface area contributed by atoms with Crippen LogP contribution in [0.3, 0.4) is 0 Å². The van der Waals surface area contributed by atoms with Crippen LogP contribution in [0.25, 0.3) is 0 Å². The summed E-state index contributed by atoms with van der Waals surface area (Å²) >= 11 is 6.11. The van der Waals surface area contributed by atoms with Crippen LogP contribution < -0.4 is 10.1 Å². The number of carbonyl (C=O) groups excluding carboxylic acids is 1. The fourth-order valence-corrected chi connectivity index (χ4v) is 3.98. The summed E-state index contributed by atoms with van der Waals surface area (Å²) in [4.78, 5) is 13.2. The molecule has 0 atom stereocenters. The lowest BCUT2D eigenvalue weighted by molar-refractivity contribution is 0.101. The maximum absolute atomic E-state index is 13.2. The first-order chi connectivity index (χ1) is 16.2. The number of aryl methyl sites for hydroxylation is 4. The largest absolute Gasteiger partial charge is 0.488 e. The summed E-state index contributed by atoms with van der Waals surface area (Å²) in [5, 5.41) is 12.2.